The molecule has 4 aromatic rings. The molecule has 0 aliphatic carbocycles. The molecule has 4 rings (SSSR count). The molecule has 0 fully saturated rings. The lowest BCUT2D eigenvalue weighted by atomic mass is 10.1. The second-order valence-electron chi connectivity index (χ2n) is 6.51. The summed E-state index contributed by atoms with van der Waals surface area (Å²) in [6.07, 6.45) is 3.50. The van der Waals surface area contributed by atoms with E-state index in [1.165, 1.54) is 0 Å². The molecular formula is C24H20N4O2. The van der Waals surface area contributed by atoms with Crippen LogP contribution in [-0.2, 0) is 0 Å². The topological polar surface area (TPSA) is 68.5 Å². The summed E-state index contributed by atoms with van der Waals surface area (Å²) in [7, 11) is 1.58. The van der Waals surface area contributed by atoms with Gasteiger partial charge in [-0.1, -0.05) is 48.5 Å². The molecular weight excluding hydrogens is 376 g/mol. The average molecular weight is 396 g/mol. The molecule has 0 spiro atoms. The Morgan fingerprint density at radius 2 is 1.63 bits per heavy atom. The van der Waals surface area contributed by atoms with E-state index in [-0.39, 0.29) is 5.91 Å². The molecule has 0 bridgehead atoms. The quantitative estimate of drug-likeness (QED) is 0.390. The molecule has 0 radical (unpaired) electrons. The Kier molecular flexibility index (Phi) is 5.66. The van der Waals surface area contributed by atoms with E-state index in [0.29, 0.717) is 11.3 Å². The van der Waals surface area contributed by atoms with E-state index < -0.39 is 0 Å². The Bertz CT molecular complexity index is 1150. The molecule has 1 amide bonds. The molecule has 6 nitrogen and oxygen atoms in total. The molecule has 0 aliphatic rings. The van der Waals surface area contributed by atoms with Crippen LogP contribution in [0.2, 0.25) is 0 Å². The van der Waals surface area contributed by atoms with Crippen LogP contribution < -0.4 is 10.2 Å². The molecule has 1 N–H and O–H groups in total. The number of hydrogen-bond donors (Lipinski definition) is 1. The Morgan fingerprint density at radius 3 is 2.30 bits per heavy atom. The van der Waals surface area contributed by atoms with Crippen molar-refractivity contribution in [3.05, 3.63) is 102 Å². The molecule has 0 saturated carbocycles. The van der Waals surface area contributed by atoms with Crippen LogP contribution in [0.4, 0.5) is 0 Å². The number of nitrogens with one attached hydrogen (secondary N) is 1. The minimum absolute atomic E-state index is 0.300. The third-order valence-electron chi connectivity index (χ3n) is 4.53. The van der Waals surface area contributed by atoms with Crippen LogP contribution >= 0.6 is 0 Å². The molecule has 0 unspecified atom stereocenters. The van der Waals surface area contributed by atoms with Gasteiger partial charge in [-0.05, 0) is 36.4 Å². The molecule has 148 valence electrons. The second kappa shape index (κ2) is 8.87. The fourth-order valence-corrected chi connectivity index (χ4v) is 2.98. The zero-order valence-corrected chi connectivity index (χ0v) is 16.4. The van der Waals surface area contributed by atoms with Gasteiger partial charge in [0.25, 0.3) is 5.91 Å². The number of rotatable bonds is 6. The van der Waals surface area contributed by atoms with Gasteiger partial charge in [0.2, 0.25) is 0 Å². The van der Waals surface area contributed by atoms with Gasteiger partial charge in [-0.15, -0.1) is 0 Å². The number of ether oxygens (including phenoxy) is 1. The lowest BCUT2D eigenvalue weighted by molar-refractivity contribution is 0.0955. The number of nitrogens with zero attached hydrogens (tertiary/aromatic N) is 3. The van der Waals surface area contributed by atoms with Crippen molar-refractivity contribution < 1.29 is 9.53 Å². The van der Waals surface area contributed by atoms with Crippen molar-refractivity contribution in [2.75, 3.05) is 7.11 Å². The average Bonchev–Trinajstić information content (AvgIpc) is 3.24. The Morgan fingerprint density at radius 1 is 0.967 bits per heavy atom. The number of amides is 1. The number of para-hydroxylation sites is 1. The summed E-state index contributed by atoms with van der Waals surface area (Å²) in [6.45, 7) is 0. The third kappa shape index (κ3) is 4.28. The van der Waals surface area contributed by atoms with Gasteiger partial charge in [-0.25, -0.2) is 10.1 Å². The van der Waals surface area contributed by atoms with E-state index in [9.17, 15) is 4.79 Å². The lowest BCUT2D eigenvalue weighted by Gasteiger charge is -2.02. The fraction of sp³-hybridized carbons (Fsp3) is 0.0417. The number of benzene rings is 3. The zero-order valence-electron chi connectivity index (χ0n) is 16.4. The number of hydrogen-bond acceptors (Lipinski definition) is 4. The number of carbonyl (C=O) groups excluding carboxylic acids is 1. The van der Waals surface area contributed by atoms with Crippen LogP contribution in [0.25, 0.3) is 16.9 Å². The first-order valence-corrected chi connectivity index (χ1v) is 9.42. The highest BCUT2D eigenvalue weighted by molar-refractivity contribution is 5.95. The van der Waals surface area contributed by atoms with E-state index in [0.717, 1.165) is 22.5 Å². The minimum atomic E-state index is -0.300. The number of hydrazone groups is 1. The Hall–Kier alpha value is -4.19. The Labute approximate surface area is 174 Å². The van der Waals surface area contributed by atoms with Crippen LogP contribution in [0.3, 0.4) is 0 Å². The largest absolute Gasteiger partial charge is 0.497 e. The van der Waals surface area contributed by atoms with Crippen LogP contribution in [0.5, 0.6) is 5.75 Å². The Balaban J connectivity index is 1.59. The minimum Gasteiger partial charge on any atom is -0.497 e. The highest BCUT2D eigenvalue weighted by Crippen LogP contribution is 2.22. The SMILES string of the molecule is COc1ccc(C(=O)N/N=C/c2cn(-c3ccccc3)nc2-c2ccccc2)cc1. The van der Waals surface area contributed by atoms with Crippen molar-refractivity contribution in [1.82, 2.24) is 15.2 Å². The molecule has 6 heteroatoms. The van der Waals surface area contributed by atoms with Crippen molar-refractivity contribution in [3.8, 4) is 22.7 Å². The smallest absolute Gasteiger partial charge is 0.271 e. The van der Waals surface area contributed by atoms with Gasteiger partial charge in [0.15, 0.2) is 0 Å². The van der Waals surface area contributed by atoms with Crippen molar-refractivity contribution in [3.63, 3.8) is 0 Å². The third-order valence-corrected chi connectivity index (χ3v) is 4.53. The lowest BCUT2D eigenvalue weighted by Crippen LogP contribution is -2.17. The van der Waals surface area contributed by atoms with Crippen molar-refractivity contribution >= 4 is 12.1 Å². The maximum atomic E-state index is 12.3. The van der Waals surface area contributed by atoms with Crippen LogP contribution in [0.1, 0.15) is 15.9 Å². The highest BCUT2D eigenvalue weighted by atomic mass is 16.5. The van der Waals surface area contributed by atoms with Crippen LogP contribution in [0.15, 0.2) is 96.2 Å². The molecule has 30 heavy (non-hydrogen) atoms. The van der Waals surface area contributed by atoms with Crippen LogP contribution in [-0.4, -0.2) is 29.0 Å². The van der Waals surface area contributed by atoms with Gasteiger partial charge in [-0.2, -0.15) is 10.2 Å². The molecule has 0 atom stereocenters. The molecule has 1 aromatic heterocycles. The maximum Gasteiger partial charge on any atom is 0.271 e. The van der Waals surface area contributed by atoms with Crippen molar-refractivity contribution in [1.29, 1.82) is 0 Å². The van der Waals surface area contributed by atoms with Gasteiger partial charge in [0.1, 0.15) is 11.4 Å². The zero-order chi connectivity index (χ0) is 20.8. The highest BCUT2D eigenvalue weighted by Gasteiger charge is 2.11. The predicted octanol–water partition coefficient (Wildman–Crippen LogP) is 4.31. The number of methoxy groups -OCH3 is 1. The van der Waals surface area contributed by atoms with Gasteiger partial charge < -0.3 is 4.74 Å². The van der Waals surface area contributed by atoms with Gasteiger partial charge >= 0.3 is 0 Å². The first-order valence-electron chi connectivity index (χ1n) is 9.42. The van der Waals surface area contributed by atoms with Gasteiger partial charge in [0, 0.05) is 22.9 Å². The van der Waals surface area contributed by atoms with E-state index >= 15 is 0 Å². The normalized spacial score (nSPS) is 10.8. The molecule has 0 saturated heterocycles. The molecule has 0 aliphatic heterocycles. The maximum absolute atomic E-state index is 12.3. The number of carbonyl (C=O) groups is 1. The van der Waals surface area contributed by atoms with E-state index in [4.69, 9.17) is 9.84 Å². The van der Waals surface area contributed by atoms with Crippen molar-refractivity contribution in [2.24, 2.45) is 5.10 Å². The fourth-order valence-electron chi connectivity index (χ4n) is 2.98. The predicted molar refractivity (Wildman–Crippen MR) is 117 cm³/mol. The summed E-state index contributed by atoms with van der Waals surface area (Å²) in [4.78, 5) is 12.3. The van der Waals surface area contributed by atoms with Crippen LogP contribution in [0, 0.1) is 0 Å². The summed E-state index contributed by atoms with van der Waals surface area (Å²) in [5.41, 5.74) is 6.54. The summed E-state index contributed by atoms with van der Waals surface area (Å²) in [5.74, 6) is 0.390. The van der Waals surface area contributed by atoms with Crippen molar-refractivity contribution in [2.45, 2.75) is 0 Å². The first-order chi connectivity index (χ1) is 14.7. The van der Waals surface area contributed by atoms with Gasteiger partial charge in [0.05, 0.1) is 19.0 Å². The van der Waals surface area contributed by atoms with Gasteiger partial charge in [-0.3, -0.25) is 4.79 Å². The molecule has 1 heterocycles. The van der Waals surface area contributed by atoms with E-state index in [1.807, 2.05) is 66.9 Å². The monoisotopic (exact) mass is 396 g/mol. The van der Waals surface area contributed by atoms with E-state index in [1.54, 1.807) is 42.3 Å². The standard InChI is InChI=1S/C24H20N4O2/c1-30-22-14-12-19(13-15-22)24(29)26-25-16-20-17-28(21-10-6-3-7-11-21)27-23(20)18-8-4-2-5-9-18/h2-17H,1H3,(H,26,29)/b25-16+. The first kappa shape index (κ1) is 19.1. The molecule has 3 aromatic carbocycles. The van der Waals surface area contributed by atoms with E-state index in [2.05, 4.69) is 10.5 Å². The number of aromatic nitrogens is 2. The summed E-state index contributed by atoms with van der Waals surface area (Å²) < 4.78 is 6.91. The summed E-state index contributed by atoms with van der Waals surface area (Å²) >= 11 is 0. The second-order valence-corrected chi connectivity index (χ2v) is 6.51. The summed E-state index contributed by atoms with van der Waals surface area (Å²) in [5, 5.41) is 8.87. The summed E-state index contributed by atoms with van der Waals surface area (Å²) in [6, 6.07) is 26.5.